The molecule has 1 atom stereocenters. The fourth-order valence-electron chi connectivity index (χ4n) is 2.84. The number of aromatic nitrogens is 1. The fourth-order valence-corrected chi connectivity index (χ4v) is 4.25. The lowest BCUT2D eigenvalue weighted by Gasteiger charge is -2.14. The molecule has 0 spiro atoms. The van der Waals surface area contributed by atoms with Crippen molar-refractivity contribution in [2.45, 2.75) is 24.3 Å². The van der Waals surface area contributed by atoms with Gasteiger partial charge in [-0.15, -0.1) is 0 Å². The van der Waals surface area contributed by atoms with Crippen LogP contribution in [0.3, 0.4) is 0 Å². The predicted molar refractivity (Wildman–Crippen MR) is 94.9 cm³/mol. The van der Waals surface area contributed by atoms with E-state index < -0.39 is 26.7 Å². The van der Waals surface area contributed by atoms with Crippen LogP contribution in [0, 0.1) is 10.1 Å². The molecule has 0 amide bonds. The van der Waals surface area contributed by atoms with Crippen molar-refractivity contribution < 1.29 is 13.3 Å². The summed E-state index contributed by atoms with van der Waals surface area (Å²) >= 11 is 0. The number of hydrogen-bond donors (Lipinski definition) is 2. The largest absolute Gasteiger partial charge is 0.361 e. The molecule has 7 nitrogen and oxygen atoms in total. The number of hydrogen-bond acceptors (Lipinski definition) is 4. The molecule has 0 saturated carbocycles. The summed E-state index contributed by atoms with van der Waals surface area (Å²) in [7, 11) is -3.99. The number of nitro benzene ring substituents is 1. The van der Waals surface area contributed by atoms with E-state index in [1.165, 1.54) is 24.3 Å². The normalized spacial score (nSPS) is 13.0. The van der Waals surface area contributed by atoms with Gasteiger partial charge in [-0.1, -0.05) is 30.3 Å². The summed E-state index contributed by atoms with van der Waals surface area (Å²) in [4.78, 5) is 13.2. The topological polar surface area (TPSA) is 105 Å². The van der Waals surface area contributed by atoms with Crippen LogP contribution in [-0.2, 0) is 16.4 Å². The first-order chi connectivity index (χ1) is 11.9. The third kappa shape index (κ3) is 3.54. The average molecular weight is 359 g/mol. The van der Waals surface area contributed by atoms with Crippen LogP contribution in [0.4, 0.5) is 5.69 Å². The number of benzene rings is 2. The van der Waals surface area contributed by atoms with Crippen LogP contribution in [-0.4, -0.2) is 24.4 Å². The number of nitrogens with zero attached hydrogens (tertiary/aromatic N) is 1. The quantitative estimate of drug-likeness (QED) is 0.521. The Balaban J connectivity index is 1.83. The maximum atomic E-state index is 12.5. The maximum Gasteiger partial charge on any atom is 0.289 e. The minimum Gasteiger partial charge on any atom is -0.361 e. The Kier molecular flexibility index (Phi) is 4.56. The molecular formula is C17H17N3O4S. The lowest BCUT2D eigenvalue weighted by atomic mass is 10.1. The zero-order chi connectivity index (χ0) is 18.0. The molecule has 0 aliphatic carbocycles. The van der Waals surface area contributed by atoms with Crippen LogP contribution in [0.25, 0.3) is 10.9 Å². The first-order valence-corrected chi connectivity index (χ1v) is 9.17. The van der Waals surface area contributed by atoms with Crippen LogP contribution in [0.5, 0.6) is 0 Å². The Morgan fingerprint density at radius 2 is 1.84 bits per heavy atom. The molecule has 3 aromatic rings. The molecule has 0 aliphatic heterocycles. The monoisotopic (exact) mass is 359 g/mol. The highest BCUT2D eigenvalue weighted by molar-refractivity contribution is 7.89. The second kappa shape index (κ2) is 6.66. The highest BCUT2D eigenvalue weighted by Crippen LogP contribution is 2.24. The second-order valence-corrected chi connectivity index (χ2v) is 7.49. The molecule has 0 radical (unpaired) electrons. The van der Waals surface area contributed by atoms with Crippen molar-refractivity contribution in [3.8, 4) is 0 Å². The molecule has 1 unspecified atom stereocenters. The number of rotatable bonds is 6. The van der Waals surface area contributed by atoms with E-state index in [1.54, 1.807) is 6.92 Å². The Hall–Kier alpha value is -2.71. The van der Waals surface area contributed by atoms with Gasteiger partial charge in [-0.3, -0.25) is 10.1 Å². The fraction of sp³-hybridized carbons (Fsp3) is 0.176. The molecule has 0 bridgehead atoms. The summed E-state index contributed by atoms with van der Waals surface area (Å²) in [5.74, 6) is 0. The standard InChI is InChI=1S/C17H17N3O4S/c1-12(10-13-11-18-15-7-3-2-6-14(13)15)19-25(23,24)17-9-5-4-8-16(17)20(21)22/h2-9,11-12,18-19H,10H2,1H3. The molecule has 8 heteroatoms. The van der Waals surface area contributed by atoms with Crippen molar-refractivity contribution >= 4 is 26.6 Å². The number of para-hydroxylation sites is 2. The van der Waals surface area contributed by atoms with Gasteiger partial charge in [0, 0.05) is 29.2 Å². The summed E-state index contributed by atoms with van der Waals surface area (Å²) in [6, 6.07) is 12.6. The van der Waals surface area contributed by atoms with Crippen LogP contribution in [0.1, 0.15) is 12.5 Å². The Morgan fingerprint density at radius 1 is 1.16 bits per heavy atom. The molecule has 0 fully saturated rings. The molecule has 25 heavy (non-hydrogen) atoms. The van der Waals surface area contributed by atoms with Gasteiger partial charge < -0.3 is 4.98 Å². The van der Waals surface area contributed by atoms with E-state index in [-0.39, 0.29) is 4.90 Å². The Bertz CT molecular complexity index is 1030. The van der Waals surface area contributed by atoms with Gasteiger partial charge in [0.1, 0.15) is 0 Å². The molecule has 2 N–H and O–H groups in total. The molecule has 0 saturated heterocycles. The lowest BCUT2D eigenvalue weighted by Crippen LogP contribution is -2.34. The average Bonchev–Trinajstić information content (AvgIpc) is 2.97. The second-order valence-electron chi connectivity index (χ2n) is 5.81. The molecule has 0 aliphatic rings. The van der Waals surface area contributed by atoms with E-state index in [9.17, 15) is 18.5 Å². The van der Waals surface area contributed by atoms with Gasteiger partial charge in [-0.05, 0) is 31.0 Å². The molecule has 1 heterocycles. The van der Waals surface area contributed by atoms with Crippen LogP contribution >= 0.6 is 0 Å². The van der Waals surface area contributed by atoms with Crippen molar-refractivity contribution in [2.24, 2.45) is 0 Å². The van der Waals surface area contributed by atoms with Crippen LogP contribution < -0.4 is 4.72 Å². The summed E-state index contributed by atoms with van der Waals surface area (Å²) in [6.07, 6.45) is 2.31. The summed E-state index contributed by atoms with van der Waals surface area (Å²) in [6.45, 7) is 1.73. The van der Waals surface area contributed by atoms with Gasteiger partial charge in [-0.25, -0.2) is 13.1 Å². The number of fused-ring (bicyclic) bond motifs is 1. The number of H-pyrrole nitrogens is 1. The Labute approximate surface area is 144 Å². The third-order valence-corrected chi connectivity index (χ3v) is 5.55. The number of nitrogens with one attached hydrogen (secondary N) is 2. The van der Waals surface area contributed by atoms with Gasteiger partial charge in [0.15, 0.2) is 4.90 Å². The Morgan fingerprint density at radius 3 is 2.60 bits per heavy atom. The van der Waals surface area contributed by atoms with E-state index >= 15 is 0 Å². The van der Waals surface area contributed by atoms with Crippen molar-refractivity contribution in [3.63, 3.8) is 0 Å². The number of nitro groups is 1. The van der Waals surface area contributed by atoms with E-state index in [0.717, 1.165) is 16.5 Å². The summed E-state index contributed by atoms with van der Waals surface area (Å²) < 4.78 is 27.6. The highest BCUT2D eigenvalue weighted by atomic mass is 32.2. The summed E-state index contributed by atoms with van der Waals surface area (Å²) in [5.41, 5.74) is 1.52. The SMILES string of the molecule is CC(Cc1c[nH]c2ccccc12)NS(=O)(=O)c1ccccc1[N+](=O)[O-]. The van der Waals surface area contributed by atoms with E-state index in [1.807, 2.05) is 30.5 Å². The highest BCUT2D eigenvalue weighted by Gasteiger charge is 2.26. The van der Waals surface area contributed by atoms with Crippen molar-refractivity contribution in [3.05, 3.63) is 70.4 Å². The zero-order valence-corrected chi connectivity index (χ0v) is 14.3. The lowest BCUT2D eigenvalue weighted by molar-refractivity contribution is -0.387. The zero-order valence-electron chi connectivity index (χ0n) is 13.5. The van der Waals surface area contributed by atoms with Crippen molar-refractivity contribution in [2.75, 3.05) is 0 Å². The molecule has 1 aromatic heterocycles. The van der Waals surface area contributed by atoms with E-state index in [0.29, 0.717) is 6.42 Å². The maximum absolute atomic E-state index is 12.5. The number of sulfonamides is 1. The minimum absolute atomic E-state index is 0.328. The first-order valence-electron chi connectivity index (χ1n) is 7.69. The summed E-state index contributed by atoms with van der Waals surface area (Å²) in [5, 5.41) is 12.1. The minimum atomic E-state index is -3.99. The van der Waals surface area contributed by atoms with Crippen LogP contribution in [0.2, 0.25) is 0 Å². The molecule has 130 valence electrons. The molecule has 2 aromatic carbocycles. The van der Waals surface area contributed by atoms with Crippen LogP contribution in [0.15, 0.2) is 59.6 Å². The van der Waals surface area contributed by atoms with E-state index in [4.69, 9.17) is 0 Å². The van der Waals surface area contributed by atoms with Crippen molar-refractivity contribution in [1.82, 2.24) is 9.71 Å². The van der Waals surface area contributed by atoms with E-state index in [2.05, 4.69) is 9.71 Å². The van der Waals surface area contributed by atoms with Gasteiger partial charge in [-0.2, -0.15) is 0 Å². The van der Waals surface area contributed by atoms with Crippen molar-refractivity contribution in [1.29, 1.82) is 0 Å². The molecular weight excluding hydrogens is 342 g/mol. The van der Waals surface area contributed by atoms with Gasteiger partial charge in [0.2, 0.25) is 10.0 Å². The third-order valence-electron chi connectivity index (χ3n) is 3.91. The predicted octanol–water partition coefficient (Wildman–Crippen LogP) is 2.99. The van der Waals surface area contributed by atoms with Gasteiger partial charge in [0.25, 0.3) is 5.69 Å². The smallest absolute Gasteiger partial charge is 0.289 e. The first kappa shape index (κ1) is 17.1. The molecule has 3 rings (SSSR count). The number of aromatic amines is 1. The van der Waals surface area contributed by atoms with Gasteiger partial charge >= 0.3 is 0 Å². The van der Waals surface area contributed by atoms with Gasteiger partial charge in [0.05, 0.1) is 4.92 Å².